The van der Waals surface area contributed by atoms with E-state index in [2.05, 4.69) is 54.5 Å². The molecule has 0 radical (unpaired) electrons. The summed E-state index contributed by atoms with van der Waals surface area (Å²) < 4.78 is 82.1. The first-order valence-corrected chi connectivity index (χ1v) is 26.6. The minimum atomic E-state index is -4.04. The minimum Gasteiger partial charge on any atom is -1.00 e. The average Bonchev–Trinajstić information content (AvgIpc) is 3.89. The Morgan fingerprint density at radius 2 is 1.20 bits per heavy atom. The summed E-state index contributed by atoms with van der Waals surface area (Å²) in [6.07, 6.45) is 5.76. The van der Waals surface area contributed by atoms with E-state index in [0.717, 1.165) is 18.4 Å². The Bertz CT molecular complexity index is 3870. The monoisotopic (exact) mass is 1110 g/mol. The first-order valence-electron chi connectivity index (χ1n) is 23.5. The summed E-state index contributed by atoms with van der Waals surface area (Å²) in [6, 6.07) is 11.8. The fourth-order valence-corrected chi connectivity index (χ4v) is 9.33. The van der Waals surface area contributed by atoms with Gasteiger partial charge in [0, 0.05) is 24.8 Å². The largest absolute Gasteiger partial charge is 1.00 e. The van der Waals surface area contributed by atoms with Crippen molar-refractivity contribution >= 4 is 74.8 Å². The van der Waals surface area contributed by atoms with Gasteiger partial charge in [0.05, 0.1) is 65.4 Å². The van der Waals surface area contributed by atoms with E-state index in [1.807, 2.05) is 20.8 Å². The number of nitrogens with zero attached hydrogens (tertiary/aromatic N) is 10. The van der Waals surface area contributed by atoms with Gasteiger partial charge in [0.1, 0.15) is 46.6 Å². The van der Waals surface area contributed by atoms with Crippen molar-refractivity contribution in [1.82, 2.24) is 49.5 Å². The van der Waals surface area contributed by atoms with Crippen LogP contribution in [0.3, 0.4) is 0 Å². The zero-order valence-electron chi connectivity index (χ0n) is 45.1. The molecule has 76 heavy (non-hydrogen) atoms. The van der Waals surface area contributed by atoms with E-state index >= 15 is 0 Å². The average molecular weight is 1110 g/mol. The number of sulfonamides is 1. The van der Waals surface area contributed by atoms with Gasteiger partial charge in [0.15, 0.2) is 11.0 Å². The van der Waals surface area contributed by atoms with Crippen LogP contribution in [-0.2, 0) is 46.0 Å². The molecule has 22 nitrogen and oxygen atoms in total. The van der Waals surface area contributed by atoms with Gasteiger partial charge < -0.3 is 36.3 Å². The molecule has 0 spiro atoms. The number of fused-ring (bicyclic) bond motifs is 2. The second kappa shape index (κ2) is 27.0. The van der Waals surface area contributed by atoms with Crippen molar-refractivity contribution in [3.05, 3.63) is 127 Å². The molecule has 5 N–H and O–H groups in total. The van der Waals surface area contributed by atoms with Gasteiger partial charge in [0.25, 0.3) is 41.8 Å². The van der Waals surface area contributed by atoms with Crippen LogP contribution in [0, 0.1) is 27.0 Å². The van der Waals surface area contributed by atoms with Gasteiger partial charge in [-0.15, -0.1) is 9.97 Å². The maximum absolute atomic E-state index is 13.2. The summed E-state index contributed by atoms with van der Waals surface area (Å²) >= 11 is 0. The van der Waals surface area contributed by atoms with Crippen molar-refractivity contribution in [2.24, 2.45) is 14.1 Å². The smallest absolute Gasteiger partial charge is 1.00 e. The zero-order valence-corrected chi connectivity index (χ0v) is 47.5. The van der Waals surface area contributed by atoms with Crippen LogP contribution in [0.2, 0.25) is 0 Å². The molecule has 6 heterocycles. The van der Waals surface area contributed by atoms with Crippen LogP contribution in [0.1, 0.15) is 65.8 Å². The number of alkyl halides is 1. The van der Waals surface area contributed by atoms with Crippen molar-refractivity contribution in [3.8, 4) is 34.3 Å². The number of hydrogen-bond donors (Lipinski definition) is 4. The predicted molar refractivity (Wildman–Crippen MR) is 286 cm³/mol. The predicted octanol–water partition coefficient (Wildman–Crippen LogP) is 5.56. The quantitative estimate of drug-likeness (QED) is 0.0589. The molecule has 0 aliphatic carbocycles. The number of pyridine rings is 2. The summed E-state index contributed by atoms with van der Waals surface area (Å²) in [6.45, 7) is 25.6. The van der Waals surface area contributed by atoms with Crippen molar-refractivity contribution in [3.63, 3.8) is 0 Å². The van der Waals surface area contributed by atoms with E-state index in [-0.39, 0.29) is 75.0 Å². The number of aromatic amines is 2. The number of halogens is 2. The number of rotatable bonds is 14. The van der Waals surface area contributed by atoms with Crippen LogP contribution in [0.4, 0.5) is 27.4 Å². The summed E-state index contributed by atoms with van der Waals surface area (Å²) in [4.78, 5) is 54.3. The van der Waals surface area contributed by atoms with E-state index in [9.17, 15) is 30.8 Å². The standard InChI is InChI=1S/C24H25N7O4S.C17H19ClN4O4S.C7H7N3.CH3F.Na.H/c1-6-8-18-20-21(31(5)29-18)24(32)28-23(27-20)17-12-16(9-10-19(17)35-7-2)36(33,34)30-15-11-14(3)22(25-4)26-13-15;1-4-6-12-14-15(22(3)21-12)17(23)20-16(19-14)11-9-10(27(18,24)25)7-8-13(11)26-5-2;1-5-3-6(8)4-10-7(5)9-2;1-2;;/h9-13,30H,6-8H2,1-3,5H3,(H,27,28,32);7-9H,4-6H2,1-3H3,(H,19,20,23);3-4H,8H2,1H3;1H3;;/q;;;;+1;-1/i;;;1D;;. The van der Waals surface area contributed by atoms with Crippen LogP contribution >= 0.6 is 10.7 Å². The number of aromatic nitrogens is 10. The summed E-state index contributed by atoms with van der Waals surface area (Å²) in [5, 5.41) is 8.81. The van der Waals surface area contributed by atoms with Crippen molar-refractivity contribution in [1.29, 1.82) is 0 Å². The number of ether oxygens (including phenoxy) is 2. The van der Waals surface area contributed by atoms with Gasteiger partial charge in [-0.1, -0.05) is 39.8 Å². The van der Waals surface area contributed by atoms with Gasteiger partial charge in [-0.05, 0) is 100 Å². The molecule has 0 fully saturated rings. The van der Waals surface area contributed by atoms with Gasteiger partial charge >= 0.3 is 29.6 Å². The number of nitrogens with two attached hydrogens (primary N) is 1. The third kappa shape index (κ3) is 14.4. The second-order valence-corrected chi connectivity index (χ2v) is 20.3. The summed E-state index contributed by atoms with van der Waals surface area (Å²) in [5.74, 6) is 1.77. The minimum absolute atomic E-state index is 0. The molecular formula is C49H55ClFN14NaO8S2. The van der Waals surface area contributed by atoms with Crippen LogP contribution in [0.15, 0.2) is 80.3 Å². The molecule has 0 unspecified atom stereocenters. The van der Waals surface area contributed by atoms with E-state index < -0.39 is 26.2 Å². The van der Waals surface area contributed by atoms with Crippen molar-refractivity contribution in [2.75, 3.05) is 30.8 Å². The van der Waals surface area contributed by atoms with Gasteiger partial charge in [-0.25, -0.2) is 26.8 Å². The molecule has 0 bridgehead atoms. The summed E-state index contributed by atoms with van der Waals surface area (Å²) in [5.41, 5.74) is 10.6. The first-order chi connectivity index (χ1) is 36.1. The topological polar surface area (TPSA) is 286 Å². The normalized spacial score (nSPS) is 11.0. The molecule has 396 valence electrons. The number of nitrogens with one attached hydrogen (secondary N) is 3. The maximum atomic E-state index is 13.2. The first kappa shape index (κ1) is 59.6. The van der Waals surface area contributed by atoms with E-state index in [0.29, 0.717) is 99.2 Å². The third-order valence-electron chi connectivity index (χ3n) is 10.7. The fourth-order valence-electron chi connectivity index (χ4n) is 7.49. The van der Waals surface area contributed by atoms with Crippen LogP contribution < -0.4 is 60.6 Å². The van der Waals surface area contributed by atoms with E-state index in [4.69, 9.17) is 40.4 Å². The van der Waals surface area contributed by atoms with Crippen LogP contribution in [-0.4, -0.2) is 86.7 Å². The summed E-state index contributed by atoms with van der Waals surface area (Å²) in [7, 11) is -0.148. The van der Waals surface area contributed by atoms with Gasteiger partial charge in [0.2, 0.25) is 0 Å². The molecule has 0 aliphatic rings. The fraction of sp³-hybridized carbons (Fsp3) is 0.306. The molecule has 2 aromatic carbocycles. The number of H-pyrrole nitrogens is 2. The Labute approximate surface area is 467 Å². The number of nitrogen functional groups attached to an aromatic ring is 1. The molecule has 0 atom stereocenters. The Morgan fingerprint density at radius 3 is 1.61 bits per heavy atom. The van der Waals surface area contributed by atoms with E-state index in [1.165, 1.54) is 64.2 Å². The Hall–Kier alpha value is -7.26. The maximum Gasteiger partial charge on any atom is 1.00 e. The Balaban J connectivity index is 0.000000334. The SMILES string of the molecule is CCCc1nn(C)c2c(=O)[nH]c(-c3cc(S(=O)(=O)Cl)ccc3OCC)nc12.[2H]CF.[C-]#[N+]c1ncc(N)cc1C.[C-]#[N+]c1ncc(NS(=O)(=O)c2ccc(OCC)c(-c3nc4c(CCC)nn(C)c4c(=O)[nH]3)c2)cc1C.[H-].[Na+]. The number of benzene rings is 2. The van der Waals surface area contributed by atoms with Gasteiger partial charge in [-0.3, -0.25) is 28.1 Å². The molecule has 0 saturated carbocycles. The molecule has 0 saturated heterocycles. The molecule has 27 heteroatoms. The second-order valence-electron chi connectivity index (χ2n) is 16.1. The molecular weight excluding hydrogens is 1050 g/mol. The number of aryl methyl sites for hydroxylation is 6. The van der Waals surface area contributed by atoms with Crippen molar-refractivity contribution < 1.29 is 63.1 Å². The molecule has 0 amide bonds. The molecule has 8 aromatic rings. The van der Waals surface area contributed by atoms with Crippen LogP contribution in [0.5, 0.6) is 11.5 Å². The molecule has 6 aromatic heterocycles. The Kier molecular flexibility index (Phi) is 21.2. The number of hydrogen-bond acceptors (Lipinski definition) is 15. The van der Waals surface area contributed by atoms with E-state index in [1.54, 1.807) is 40.9 Å². The molecule has 8 rings (SSSR count). The van der Waals surface area contributed by atoms with Crippen LogP contribution in [0.25, 0.3) is 54.5 Å². The Morgan fingerprint density at radius 1 is 0.763 bits per heavy atom. The third-order valence-corrected chi connectivity index (χ3v) is 13.4. The zero-order chi connectivity index (χ0) is 56.1. The number of anilines is 2. The van der Waals surface area contributed by atoms with Gasteiger partial charge in [-0.2, -0.15) is 10.2 Å². The van der Waals surface area contributed by atoms with Crippen molar-refractivity contribution in [2.45, 2.75) is 77.0 Å². The molecule has 0 aliphatic heterocycles.